The molecule has 6 heteroatoms. The Morgan fingerprint density at radius 2 is 1.63 bits per heavy atom. The van der Waals surface area contributed by atoms with Crippen molar-refractivity contribution in [2.24, 2.45) is 0 Å². The maximum Gasteiger partial charge on any atom is 0.264 e. The van der Waals surface area contributed by atoms with Crippen molar-refractivity contribution in [3.05, 3.63) is 47.0 Å². The average Bonchev–Trinajstić information content (AvgIpc) is 2.49. The summed E-state index contributed by atoms with van der Waals surface area (Å²) in [5.41, 5.74) is 1.03. The van der Waals surface area contributed by atoms with Crippen LogP contribution in [-0.4, -0.2) is 41.4 Å². The highest BCUT2D eigenvalue weighted by Crippen LogP contribution is 2.17. The number of hydrogen-bond donors (Lipinski definition) is 1. The molecule has 0 aromatic carbocycles. The molecule has 2 aromatic heterocycles. The van der Waals surface area contributed by atoms with Crippen LogP contribution >= 0.6 is 0 Å². The first-order valence-electron chi connectivity index (χ1n) is 6.28. The third kappa shape index (κ3) is 2.57. The van der Waals surface area contributed by atoms with E-state index in [2.05, 4.69) is 25.0 Å². The Hall–Kier alpha value is -2.37. The summed E-state index contributed by atoms with van der Waals surface area (Å²) in [4.78, 5) is 19.5. The number of hydrogen-bond acceptors (Lipinski definition) is 5. The zero-order valence-corrected chi connectivity index (χ0v) is 10.5. The highest BCUT2D eigenvalue weighted by Gasteiger charge is 2.18. The van der Waals surface area contributed by atoms with Gasteiger partial charge in [-0.15, -0.1) is 0 Å². The van der Waals surface area contributed by atoms with Crippen LogP contribution < -0.4 is 15.4 Å². The van der Waals surface area contributed by atoms with E-state index in [1.807, 2.05) is 24.5 Å². The van der Waals surface area contributed by atoms with Gasteiger partial charge in [-0.05, 0) is 18.2 Å². The number of aromatic nitrogens is 3. The van der Waals surface area contributed by atoms with E-state index in [9.17, 15) is 4.79 Å². The van der Waals surface area contributed by atoms with Crippen LogP contribution in [0, 0.1) is 0 Å². The minimum absolute atomic E-state index is 0.167. The van der Waals surface area contributed by atoms with Crippen LogP contribution in [0.5, 0.6) is 0 Å². The van der Waals surface area contributed by atoms with E-state index < -0.39 is 0 Å². The standard InChI is InChI=1S/C13H15N5O/c19-13-2-1-12(15-16-13)18-9-7-17(8-10-18)11-3-5-14-6-4-11/h1-6H,7-10H2,(H,16,19). The minimum atomic E-state index is -0.167. The Balaban J connectivity index is 1.66. The number of nitrogens with zero attached hydrogens (tertiary/aromatic N) is 4. The van der Waals surface area contributed by atoms with Crippen molar-refractivity contribution in [2.75, 3.05) is 36.0 Å². The lowest BCUT2D eigenvalue weighted by Gasteiger charge is -2.36. The molecule has 0 saturated carbocycles. The summed E-state index contributed by atoms with van der Waals surface area (Å²) in [6, 6.07) is 7.32. The lowest BCUT2D eigenvalue weighted by Crippen LogP contribution is -2.47. The number of nitrogens with one attached hydrogen (secondary N) is 1. The molecule has 0 radical (unpaired) electrons. The van der Waals surface area contributed by atoms with Crippen LogP contribution in [-0.2, 0) is 0 Å². The van der Waals surface area contributed by atoms with Crippen LogP contribution in [0.4, 0.5) is 11.5 Å². The number of H-pyrrole nitrogens is 1. The van der Waals surface area contributed by atoms with E-state index in [1.165, 1.54) is 11.8 Å². The molecule has 0 spiro atoms. The Morgan fingerprint density at radius 3 is 2.26 bits per heavy atom. The fourth-order valence-corrected chi connectivity index (χ4v) is 2.26. The van der Waals surface area contributed by atoms with Gasteiger partial charge >= 0.3 is 0 Å². The van der Waals surface area contributed by atoms with Gasteiger partial charge in [-0.2, -0.15) is 5.10 Å². The van der Waals surface area contributed by atoms with Gasteiger partial charge in [0.05, 0.1) is 0 Å². The summed E-state index contributed by atoms with van der Waals surface area (Å²) >= 11 is 0. The van der Waals surface area contributed by atoms with Crippen molar-refractivity contribution in [2.45, 2.75) is 0 Å². The van der Waals surface area contributed by atoms with Crippen LogP contribution in [0.2, 0.25) is 0 Å². The van der Waals surface area contributed by atoms with Gasteiger partial charge in [0, 0.05) is 50.3 Å². The van der Waals surface area contributed by atoms with Gasteiger partial charge in [-0.1, -0.05) is 0 Å². The molecule has 3 rings (SSSR count). The van der Waals surface area contributed by atoms with E-state index in [0.29, 0.717) is 0 Å². The number of piperazine rings is 1. The Bertz CT molecular complexity index is 569. The number of rotatable bonds is 2. The van der Waals surface area contributed by atoms with Crippen molar-refractivity contribution in [3.63, 3.8) is 0 Å². The smallest absolute Gasteiger partial charge is 0.264 e. The van der Waals surface area contributed by atoms with Crippen molar-refractivity contribution in [1.82, 2.24) is 15.2 Å². The van der Waals surface area contributed by atoms with E-state index in [-0.39, 0.29) is 5.56 Å². The molecule has 1 N–H and O–H groups in total. The van der Waals surface area contributed by atoms with E-state index >= 15 is 0 Å². The lowest BCUT2D eigenvalue weighted by atomic mass is 10.2. The second-order valence-corrected chi connectivity index (χ2v) is 4.46. The van der Waals surface area contributed by atoms with Crippen molar-refractivity contribution < 1.29 is 0 Å². The van der Waals surface area contributed by atoms with Gasteiger partial charge in [0.1, 0.15) is 5.82 Å². The monoisotopic (exact) mass is 257 g/mol. The molecular formula is C13H15N5O. The maximum atomic E-state index is 11.0. The summed E-state index contributed by atoms with van der Waals surface area (Å²) in [5.74, 6) is 0.828. The number of anilines is 2. The van der Waals surface area contributed by atoms with Crippen molar-refractivity contribution in [1.29, 1.82) is 0 Å². The fraction of sp³-hybridized carbons (Fsp3) is 0.308. The zero-order chi connectivity index (χ0) is 13.1. The molecule has 2 aromatic rings. The zero-order valence-electron chi connectivity index (χ0n) is 10.5. The second-order valence-electron chi connectivity index (χ2n) is 4.46. The van der Waals surface area contributed by atoms with Crippen LogP contribution in [0.3, 0.4) is 0 Å². The first kappa shape index (κ1) is 11.7. The normalized spacial score (nSPS) is 15.6. The van der Waals surface area contributed by atoms with Gasteiger partial charge in [0.15, 0.2) is 0 Å². The first-order chi connectivity index (χ1) is 9.33. The van der Waals surface area contributed by atoms with Crippen molar-refractivity contribution >= 4 is 11.5 Å². The molecule has 0 atom stereocenters. The highest BCUT2D eigenvalue weighted by atomic mass is 16.1. The second kappa shape index (κ2) is 5.09. The van der Waals surface area contributed by atoms with Gasteiger partial charge in [0.25, 0.3) is 5.56 Å². The third-order valence-electron chi connectivity index (χ3n) is 3.30. The summed E-state index contributed by atoms with van der Waals surface area (Å²) < 4.78 is 0. The molecule has 19 heavy (non-hydrogen) atoms. The van der Waals surface area contributed by atoms with Crippen LogP contribution in [0.25, 0.3) is 0 Å². The fourth-order valence-electron chi connectivity index (χ4n) is 2.26. The van der Waals surface area contributed by atoms with Gasteiger partial charge in [0.2, 0.25) is 0 Å². The maximum absolute atomic E-state index is 11.0. The molecule has 98 valence electrons. The SMILES string of the molecule is O=c1ccc(N2CCN(c3ccncc3)CC2)n[nH]1. The van der Waals surface area contributed by atoms with Gasteiger partial charge in [-0.25, -0.2) is 5.10 Å². The molecule has 3 heterocycles. The lowest BCUT2D eigenvalue weighted by molar-refractivity contribution is 0.642. The average molecular weight is 257 g/mol. The summed E-state index contributed by atoms with van der Waals surface area (Å²) in [7, 11) is 0. The van der Waals surface area contributed by atoms with Crippen molar-refractivity contribution in [3.8, 4) is 0 Å². The van der Waals surface area contributed by atoms with E-state index in [4.69, 9.17) is 0 Å². The summed E-state index contributed by atoms with van der Waals surface area (Å²) in [5, 5.41) is 6.53. The summed E-state index contributed by atoms with van der Waals surface area (Å²) in [6.45, 7) is 3.65. The minimum Gasteiger partial charge on any atom is -0.368 e. The van der Waals surface area contributed by atoms with E-state index in [0.717, 1.165) is 32.0 Å². The first-order valence-corrected chi connectivity index (χ1v) is 6.28. The predicted molar refractivity (Wildman–Crippen MR) is 73.5 cm³/mol. The van der Waals surface area contributed by atoms with Gasteiger partial charge in [-0.3, -0.25) is 9.78 Å². The Labute approximate surface area is 110 Å². The van der Waals surface area contributed by atoms with Gasteiger partial charge < -0.3 is 9.80 Å². The largest absolute Gasteiger partial charge is 0.368 e. The molecular weight excluding hydrogens is 242 g/mol. The number of aromatic amines is 1. The quantitative estimate of drug-likeness (QED) is 0.848. The molecule has 6 nitrogen and oxygen atoms in total. The predicted octanol–water partition coefficient (Wildman–Crippen LogP) is 0.491. The topological polar surface area (TPSA) is 65.1 Å². The number of pyridine rings is 1. The molecule has 0 aliphatic carbocycles. The highest BCUT2D eigenvalue weighted by molar-refractivity contribution is 5.47. The third-order valence-corrected chi connectivity index (χ3v) is 3.30. The van der Waals surface area contributed by atoms with E-state index in [1.54, 1.807) is 6.07 Å². The molecule has 0 unspecified atom stereocenters. The molecule has 0 bridgehead atoms. The van der Waals surface area contributed by atoms with Crippen LogP contribution in [0.15, 0.2) is 41.5 Å². The molecule has 0 amide bonds. The molecule has 1 aliphatic heterocycles. The molecule has 1 fully saturated rings. The van der Waals surface area contributed by atoms with Crippen LogP contribution in [0.1, 0.15) is 0 Å². The molecule has 1 aliphatic rings. The summed E-state index contributed by atoms with van der Waals surface area (Å²) in [6.07, 6.45) is 3.62. The Morgan fingerprint density at radius 1 is 0.947 bits per heavy atom. The Kier molecular flexibility index (Phi) is 3.14. The molecule has 1 saturated heterocycles.